The summed E-state index contributed by atoms with van der Waals surface area (Å²) in [5.74, 6) is 0.340. The van der Waals surface area contributed by atoms with Gasteiger partial charge in [0.15, 0.2) is 0 Å². The van der Waals surface area contributed by atoms with Crippen LogP contribution in [0.2, 0.25) is 0 Å². The van der Waals surface area contributed by atoms with Crippen LogP contribution in [-0.2, 0) is 0 Å². The van der Waals surface area contributed by atoms with Gasteiger partial charge in [0.25, 0.3) is 0 Å². The lowest BCUT2D eigenvalue weighted by Gasteiger charge is -2.16. The quantitative estimate of drug-likeness (QED) is 0.206. The molecule has 2 heterocycles. The molecular weight excluding hydrogens is 599 g/mol. The van der Waals surface area contributed by atoms with Crippen molar-refractivity contribution in [3.63, 3.8) is 0 Å². The molecule has 7 aromatic carbocycles. The van der Waals surface area contributed by atoms with E-state index in [0.717, 1.165) is 72.8 Å². The Bertz CT molecular complexity index is 2850. The number of para-hydroxylation sites is 1. The van der Waals surface area contributed by atoms with Crippen molar-refractivity contribution in [3.8, 4) is 22.3 Å². The summed E-state index contributed by atoms with van der Waals surface area (Å²) < 4.78 is 12.6. The van der Waals surface area contributed by atoms with Gasteiger partial charge >= 0.3 is 0 Å². The second-order valence-electron chi connectivity index (χ2n) is 12.9. The third-order valence-corrected chi connectivity index (χ3v) is 9.97. The molecule has 49 heavy (non-hydrogen) atoms. The Balaban J connectivity index is 1.04. The van der Waals surface area contributed by atoms with Crippen molar-refractivity contribution in [2.75, 3.05) is 5.32 Å². The summed E-state index contributed by atoms with van der Waals surface area (Å²) in [4.78, 5) is 0. The molecule has 2 aromatic heterocycles. The molecule has 9 aromatic rings. The number of anilines is 2. The molecule has 1 aliphatic rings. The molecule has 1 N–H and O–H groups in total. The molecule has 10 rings (SSSR count). The van der Waals surface area contributed by atoms with Gasteiger partial charge in [-0.25, -0.2) is 0 Å². The van der Waals surface area contributed by atoms with E-state index in [2.05, 4.69) is 157 Å². The van der Waals surface area contributed by atoms with E-state index >= 15 is 0 Å². The molecule has 1 atom stereocenters. The van der Waals surface area contributed by atoms with Gasteiger partial charge in [-0.1, -0.05) is 115 Å². The molecule has 0 saturated heterocycles. The maximum absolute atomic E-state index is 6.48. The number of nitrogens with one attached hydrogen (secondary N) is 1. The van der Waals surface area contributed by atoms with Crippen molar-refractivity contribution in [2.24, 2.45) is 0 Å². The highest BCUT2D eigenvalue weighted by Gasteiger charge is 2.18. The average molecular weight is 630 g/mol. The topological polar surface area (TPSA) is 38.3 Å². The summed E-state index contributed by atoms with van der Waals surface area (Å²) in [5.41, 5.74) is 11.6. The van der Waals surface area contributed by atoms with E-state index in [-0.39, 0.29) is 0 Å². The van der Waals surface area contributed by atoms with E-state index in [4.69, 9.17) is 8.83 Å². The molecule has 0 aliphatic heterocycles. The van der Waals surface area contributed by atoms with Crippen LogP contribution in [0, 0.1) is 0 Å². The van der Waals surface area contributed by atoms with Crippen LogP contribution in [0.3, 0.4) is 0 Å². The predicted molar refractivity (Wildman–Crippen MR) is 204 cm³/mol. The zero-order valence-corrected chi connectivity index (χ0v) is 26.7. The van der Waals surface area contributed by atoms with Crippen LogP contribution in [0.5, 0.6) is 0 Å². The van der Waals surface area contributed by atoms with Crippen LogP contribution in [-0.4, -0.2) is 0 Å². The monoisotopic (exact) mass is 629 g/mol. The fourth-order valence-corrected chi connectivity index (χ4v) is 7.61. The Morgan fingerprint density at radius 1 is 0.490 bits per heavy atom. The second kappa shape index (κ2) is 11.1. The molecule has 0 bridgehead atoms. The smallest absolute Gasteiger partial charge is 0.137 e. The van der Waals surface area contributed by atoms with Crippen molar-refractivity contribution in [3.05, 3.63) is 168 Å². The first-order valence-corrected chi connectivity index (χ1v) is 16.9. The van der Waals surface area contributed by atoms with Crippen LogP contribution in [0.15, 0.2) is 160 Å². The maximum Gasteiger partial charge on any atom is 0.137 e. The Hall–Kier alpha value is -6.32. The minimum atomic E-state index is 0.340. The Labute approximate surface area is 283 Å². The van der Waals surface area contributed by atoms with E-state index in [1.165, 1.54) is 27.1 Å². The first-order chi connectivity index (χ1) is 24.2. The van der Waals surface area contributed by atoms with Gasteiger partial charge in [-0.3, -0.25) is 0 Å². The van der Waals surface area contributed by atoms with Crippen molar-refractivity contribution in [1.29, 1.82) is 0 Å². The van der Waals surface area contributed by atoms with Gasteiger partial charge in [0.2, 0.25) is 0 Å². The van der Waals surface area contributed by atoms with Gasteiger partial charge in [0.1, 0.15) is 22.3 Å². The first-order valence-electron chi connectivity index (χ1n) is 16.9. The fourth-order valence-electron chi connectivity index (χ4n) is 7.61. The lowest BCUT2D eigenvalue weighted by Crippen LogP contribution is -2.27. The van der Waals surface area contributed by atoms with Gasteiger partial charge in [-0.2, -0.15) is 0 Å². The van der Waals surface area contributed by atoms with Crippen molar-refractivity contribution in [2.45, 2.75) is 12.3 Å². The molecular formula is C46H31NO2. The van der Waals surface area contributed by atoms with Crippen LogP contribution >= 0.6 is 0 Å². The molecule has 0 fully saturated rings. The van der Waals surface area contributed by atoms with E-state index < -0.39 is 0 Å². The SMILES string of the molecule is C1=c2ccccc2=CC(c2cccc(-c3cccc4oc5cccc(Nc6cccc(-c7ccc8oc9ccccc9c8c7)c6)c5c34)c2)C1. The average Bonchev–Trinajstić information content (AvgIpc) is 3.73. The zero-order chi connectivity index (χ0) is 32.3. The minimum absolute atomic E-state index is 0.340. The number of furan rings is 2. The van der Waals surface area contributed by atoms with Crippen molar-refractivity contribution >= 4 is 67.4 Å². The lowest BCUT2D eigenvalue weighted by atomic mass is 9.88. The van der Waals surface area contributed by atoms with E-state index in [9.17, 15) is 0 Å². The van der Waals surface area contributed by atoms with Gasteiger partial charge in [-0.05, 0) is 93.2 Å². The number of hydrogen-bond donors (Lipinski definition) is 1. The molecule has 0 radical (unpaired) electrons. The van der Waals surface area contributed by atoms with Crippen LogP contribution in [0.4, 0.5) is 11.4 Å². The molecule has 3 nitrogen and oxygen atoms in total. The van der Waals surface area contributed by atoms with Gasteiger partial charge < -0.3 is 14.2 Å². The molecule has 3 heteroatoms. The van der Waals surface area contributed by atoms with E-state index in [0.29, 0.717) is 5.92 Å². The minimum Gasteiger partial charge on any atom is -0.456 e. The molecule has 1 aliphatic carbocycles. The van der Waals surface area contributed by atoms with Crippen LogP contribution in [0.25, 0.3) is 78.3 Å². The summed E-state index contributed by atoms with van der Waals surface area (Å²) in [6, 6.07) is 53.6. The summed E-state index contributed by atoms with van der Waals surface area (Å²) in [6.45, 7) is 0. The van der Waals surface area contributed by atoms with Gasteiger partial charge in [0, 0.05) is 27.8 Å². The number of benzene rings is 7. The zero-order valence-electron chi connectivity index (χ0n) is 26.7. The number of rotatable bonds is 5. The number of fused-ring (bicyclic) bond motifs is 7. The summed E-state index contributed by atoms with van der Waals surface area (Å²) in [5, 5.41) is 10.9. The van der Waals surface area contributed by atoms with E-state index in [1.807, 2.05) is 12.1 Å². The normalized spacial score (nSPS) is 14.2. The number of hydrogen-bond acceptors (Lipinski definition) is 3. The largest absolute Gasteiger partial charge is 0.456 e. The maximum atomic E-state index is 6.48. The molecule has 0 saturated carbocycles. The third-order valence-electron chi connectivity index (χ3n) is 9.97. The van der Waals surface area contributed by atoms with E-state index in [1.54, 1.807) is 0 Å². The van der Waals surface area contributed by atoms with Gasteiger partial charge in [-0.15, -0.1) is 0 Å². The first kappa shape index (κ1) is 27.8. The summed E-state index contributed by atoms with van der Waals surface area (Å²) >= 11 is 0. The summed E-state index contributed by atoms with van der Waals surface area (Å²) in [7, 11) is 0. The summed E-state index contributed by atoms with van der Waals surface area (Å²) in [6.07, 6.45) is 5.77. The molecule has 1 unspecified atom stereocenters. The standard InChI is InChI=1S/C46H31NO2/c1-2-10-30-25-33(22-21-29(30)9-1)31-11-5-13-35(26-31)37-16-7-19-43-45(37)46-40(17-8-20-44(46)49-43)47-36-14-6-12-32(27-36)34-23-24-42-39(28-34)38-15-3-4-18-41(38)48-42/h1-21,23-28,33,47H,22H2. The third kappa shape index (κ3) is 4.74. The Morgan fingerprint density at radius 2 is 1.20 bits per heavy atom. The van der Waals surface area contributed by atoms with Crippen LogP contribution in [0.1, 0.15) is 17.9 Å². The molecule has 232 valence electrons. The second-order valence-corrected chi connectivity index (χ2v) is 12.9. The van der Waals surface area contributed by atoms with Gasteiger partial charge in [0.05, 0.1) is 11.1 Å². The Kier molecular flexibility index (Phi) is 6.31. The highest BCUT2D eigenvalue weighted by atomic mass is 16.3. The van der Waals surface area contributed by atoms with Crippen LogP contribution < -0.4 is 15.8 Å². The lowest BCUT2D eigenvalue weighted by molar-refractivity contribution is 0.668. The highest BCUT2D eigenvalue weighted by molar-refractivity contribution is 6.17. The van der Waals surface area contributed by atoms with Crippen molar-refractivity contribution < 1.29 is 8.83 Å². The molecule has 0 spiro atoms. The highest BCUT2D eigenvalue weighted by Crippen LogP contribution is 2.42. The Morgan fingerprint density at radius 3 is 2.16 bits per heavy atom. The van der Waals surface area contributed by atoms with Crippen molar-refractivity contribution in [1.82, 2.24) is 0 Å². The fraction of sp³-hybridized carbons (Fsp3) is 0.0435. The predicted octanol–water partition coefficient (Wildman–Crippen LogP) is 11.3. The molecule has 0 amide bonds.